The number of hydrogen-bond donors (Lipinski definition) is 2. The van der Waals surface area contributed by atoms with Gasteiger partial charge in [0.1, 0.15) is 34.0 Å². The molecule has 1 aliphatic heterocycles. The third-order valence-electron chi connectivity index (χ3n) is 6.35. The monoisotopic (exact) mass is 495 g/mol. The minimum absolute atomic E-state index is 0.00981. The van der Waals surface area contributed by atoms with E-state index in [1.165, 1.54) is 25.3 Å². The Labute approximate surface area is 206 Å². The van der Waals surface area contributed by atoms with Gasteiger partial charge in [-0.2, -0.15) is 9.97 Å². The number of halogens is 2. The van der Waals surface area contributed by atoms with Crippen LogP contribution in [0.15, 0.2) is 24.3 Å². The van der Waals surface area contributed by atoms with Crippen LogP contribution in [0.4, 0.5) is 14.6 Å². The predicted molar refractivity (Wildman–Crippen MR) is 134 cm³/mol. The first-order chi connectivity index (χ1) is 17.5. The second kappa shape index (κ2) is 9.69. The average molecular weight is 496 g/mol. The van der Waals surface area contributed by atoms with Crippen molar-refractivity contribution in [3.05, 3.63) is 41.5 Å². The Kier molecular flexibility index (Phi) is 6.44. The van der Waals surface area contributed by atoms with Crippen LogP contribution in [0.25, 0.3) is 32.9 Å². The summed E-state index contributed by atoms with van der Waals surface area (Å²) in [6.07, 6.45) is 0.373. The van der Waals surface area contributed by atoms with Crippen molar-refractivity contribution in [1.82, 2.24) is 20.3 Å². The molecule has 1 fully saturated rings. The number of ether oxygens (including phenoxy) is 2. The van der Waals surface area contributed by atoms with E-state index in [2.05, 4.69) is 20.3 Å². The number of aromatic hydroxyl groups is 1. The van der Waals surface area contributed by atoms with Crippen LogP contribution in [0, 0.1) is 11.6 Å². The number of hydrogen-bond acceptors (Lipinski definition) is 8. The van der Waals surface area contributed by atoms with Gasteiger partial charge in [0.2, 0.25) is 5.88 Å². The van der Waals surface area contributed by atoms with E-state index >= 15 is 4.39 Å². The normalized spacial score (nSPS) is 14.0. The van der Waals surface area contributed by atoms with Crippen molar-refractivity contribution >= 4 is 27.5 Å². The minimum atomic E-state index is -0.733. The highest BCUT2D eigenvalue weighted by Gasteiger charge is 2.27. The molecule has 0 saturated carbocycles. The van der Waals surface area contributed by atoms with Crippen molar-refractivity contribution < 1.29 is 23.4 Å². The molecule has 10 heteroatoms. The molecule has 3 heterocycles. The highest BCUT2D eigenvalue weighted by atomic mass is 19.1. The number of benzene rings is 2. The quantitative estimate of drug-likeness (QED) is 0.411. The maximum atomic E-state index is 16.4. The van der Waals surface area contributed by atoms with Crippen LogP contribution in [0.1, 0.15) is 19.4 Å². The first kappa shape index (κ1) is 23.9. The maximum absolute atomic E-state index is 16.4. The number of phenolic OH excluding ortho intramolecular Hbond substituents is 1. The summed E-state index contributed by atoms with van der Waals surface area (Å²) < 4.78 is 42.3. The second-order valence-corrected chi connectivity index (χ2v) is 8.48. The number of piperazine rings is 1. The molecular weight excluding hydrogens is 468 g/mol. The number of pyridine rings is 1. The van der Waals surface area contributed by atoms with E-state index in [1.807, 2.05) is 11.8 Å². The SMILES string of the molecule is CCOc1nc(-c2cc(O)cc3ccc(F)c(CC)c23)c(F)c2nc(OC)nc(N3CCNCC3)c12. The van der Waals surface area contributed by atoms with E-state index in [4.69, 9.17) is 9.47 Å². The van der Waals surface area contributed by atoms with Crippen LogP contribution < -0.4 is 19.7 Å². The number of methoxy groups -OCH3 is 1. The van der Waals surface area contributed by atoms with Crippen LogP contribution in [-0.2, 0) is 6.42 Å². The standard InChI is InChI=1S/C26H27F2N5O3/c1-4-16-18(27)7-6-14-12-15(34)13-17(19(14)16)22-21(28)23-20(25(30-22)36-5-2)24(32-26(31-23)35-3)33-10-8-29-9-11-33/h6-7,12-13,29,34H,4-5,8-11H2,1-3H3. The average Bonchev–Trinajstić information content (AvgIpc) is 2.90. The minimum Gasteiger partial charge on any atom is -0.508 e. The van der Waals surface area contributed by atoms with Crippen molar-refractivity contribution in [2.45, 2.75) is 20.3 Å². The van der Waals surface area contributed by atoms with Crippen molar-refractivity contribution in [3.63, 3.8) is 0 Å². The number of phenols is 1. The molecule has 2 aromatic heterocycles. The molecule has 1 saturated heterocycles. The van der Waals surface area contributed by atoms with Gasteiger partial charge in [-0.25, -0.2) is 13.8 Å². The Morgan fingerprint density at radius 2 is 1.83 bits per heavy atom. The first-order valence-corrected chi connectivity index (χ1v) is 11.9. The van der Waals surface area contributed by atoms with E-state index in [-0.39, 0.29) is 41.0 Å². The van der Waals surface area contributed by atoms with Gasteiger partial charge in [0, 0.05) is 31.7 Å². The summed E-state index contributed by atoms with van der Waals surface area (Å²) in [5, 5.41) is 15.1. The number of aryl methyl sites for hydroxylation is 1. The van der Waals surface area contributed by atoms with Crippen LogP contribution in [-0.4, -0.2) is 60.0 Å². The van der Waals surface area contributed by atoms with E-state index in [0.29, 0.717) is 47.1 Å². The lowest BCUT2D eigenvalue weighted by Gasteiger charge is -2.29. The van der Waals surface area contributed by atoms with E-state index in [9.17, 15) is 9.50 Å². The Hall–Kier alpha value is -3.79. The van der Waals surface area contributed by atoms with Gasteiger partial charge in [0.05, 0.1) is 13.7 Å². The lowest BCUT2D eigenvalue weighted by atomic mass is 9.94. The predicted octanol–water partition coefficient (Wildman–Crippen LogP) is 4.21. The fourth-order valence-electron chi connectivity index (χ4n) is 4.75. The Morgan fingerprint density at radius 1 is 1.06 bits per heavy atom. The van der Waals surface area contributed by atoms with Crippen LogP contribution in [0.3, 0.4) is 0 Å². The third-order valence-corrected chi connectivity index (χ3v) is 6.35. The van der Waals surface area contributed by atoms with Gasteiger partial charge >= 0.3 is 6.01 Å². The van der Waals surface area contributed by atoms with Gasteiger partial charge in [0.15, 0.2) is 5.82 Å². The Bertz CT molecular complexity index is 1460. The summed E-state index contributed by atoms with van der Waals surface area (Å²) in [5.74, 6) is -0.601. The highest BCUT2D eigenvalue weighted by molar-refractivity contribution is 6.03. The molecule has 4 aromatic rings. The van der Waals surface area contributed by atoms with Crippen LogP contribution in [0.2, 0.25) is 0 Å². The summed E-state index contributed by atoms with van der Waals surface area (Å²) in [6.45, 7) is 6.69. The molecule has 0 amide bonds. The number of nitrogens with zero attached hydrogens (tertiary/aromatic N) is 4. The summed E-state index contributed by atoms with van der Waals surface area (Å²) >= 11 is 0. The number of nitrogens with one attached hydrogen (secondary N) is 1. The molecule has 0 spiro atoms. The van der Waals surface area contributed by atoms with Gasteiger partial charge in [-0.1, -0.05) is 13.0 Å². The largest absolute Gasteiger partial charge is 0.508 e. The Morgan fingerprint density at radius 3 is 2.53 bits per heavy atom. The van der Waals surface area contributed by atoms with Crippen molar-refractivity contribution in [2.75, 3.05) is 44.8 Å². The Balaban J connectivity index is 1.88. The van der Waals surface area contributed by atoms with E-state index < -0.39 is 11.6 Å². The molecule has 0 radical (unpaired) electrons. The lowest BCUT2D eigenvalue weighted by molar-refractivity contribution is 0.330. The molecular formula is C26H27F2N5O3. The topological polar surface area (TPSA) is 92.6 Å². The van der Waals surface area contributed by atoms with Crippen molar-refractivity contribution in [2.24, 2.45) is 0 Å². The number of rotatable bonds is 6. The van der Waals surface area contributed by atoms with Crippen LogP contribution in [0.5, 0.6) is 17.6 Å². The molecule has 0 unspecified atom stereocenters. The van der Waals surface area contributed by atoms with Gasteiger partial charge < -0.3 is 24.8 Å². The van der Waals surface area contributed by atoms with E-state index in [1.54, 1.807) is 13.0 Å². The summed E-state index contributed by atoms with van der Waals surface area (Å²) in [4.78, 5) is 15.4. The van der Waals surface area contributed by atoms with Crippen LogP contribution >= 0.6 is 0 Å². The molecule has 0 aliphatic carbocycles. The van der Waals surface area contributed by atoms with E-state index in [0.717, 1.165) is 13.1 Å². The zero-order valence-corrected chi connectivity index (χ0v) is 20.4. The summed E-state index contributed by atoms with van der Waals surface area (Å²) in [6, 6.07) is 5.83. The summed E-state index contributed by atoms with van der Waals surface area (Å²) in [7, 11) is 1.42. The lowest BCUT2D eigenvalue weighted by Crippen LogP contribution is -2.44. The molecule has 2 N–H and O–H groups in total. The van der Waals surface area contributed by atoms with Gasteiger partial charge in [0.25, 0.3) is 0 Å². The molecule has 188 valence electrons. The number of aromatic nitrogens is 3. The molecule has 0 bridgehead atoms. The maximum Gasteiger partial charge on any atom is 0.318 e. The fraction of sp³-hybridized carbons (Fsp3) is 0.346. The molecule has 0 atom stereocenters. The molecule has 8 nitrogen and oxygen atoms in total. The molecule has 5 rings (SSSR count). The third kappa shape index (κ3) is 4.01. The van der Waals surface area contributed by atoms with Crippen molar-refractivity contribution in [3.8, 4) is 28.9 Å². The van der Waals surface area contributed by atoms with Gasteiger partial charge in [-0.3, -0.25) is 0 Å². The second-order valence-electron chi connectivity index (χ2n) is 8.48. The van der Waals surface area contributed by atoms with Crippen molar-refractivity contribution in [1.29, 1.82) is 0 Å². The van der Waals surface area contributed by atoms with Gasteiger partial charge in [-0.15, -0.1) is 0 Å². The highest BCUT2D eigenvalue weighted by Crippen LogP contribution is 2.42. The first-order valence-electron chi connectivity index (χ1n) is 11.9. The molecule has 36 heavy (non-hydrogen) atoms. The smallest absolute Gasteiger partial charge is 0.318 e. The number of anilines is 1. The zero-order chi connectivity index (χ0) is 25.4. The molecule has 1 aliphatic rings. The zero-order valence-electron chi connectivity index (χ0n) is 20.4. The summed E-state index contributed by atoms with van der Waals surface area (Å²) in [5.41, 5.74) is 0.542. The van der Waals surface area contributed by atoms with Gasteiger partial charge in [-0.05, 0) is 47.9 Å². The molecule has 2 aromatic carbocycles. The number of fused-ring (bicyclic) bond motifs is 2. The fourth-order valence-corrected chi connectivity index (χ4v) is 4.75.